The van der Waals surface area contributed by atoms with E-state index in [0.29, 0.717) is 50.5 Å². The number of fused-ring (bicyclic) bond motifs is 7. The first-order chi connectivity index (χ1) is 21.6. The van der Waals surface area contributed by atoms with E-state index in [1.807, 2.05) is 0 Å². The molecule has 7 heterocycles. The van der Waals surface area contributed by atoms with Gasteiger partial charge in [0.05, 0.1) is 54.9 Å². The summed E-state index contributed by atoms with van der Waals surface area (Å²) in [5.41, 5.74) is 2.34. The maximum atomic E-state index is 12.8. The van der Waals surface area contributed by atoms with Crippen molar-refractivity contribution in [2.24, 2.45) is 11.8 Å². The average Bonchev–Trinajstić information content (AvgIpc) is 3.70. The second-order valence-corrected chi connectivity index (χ2v) is 15.2. The minimum Gasteiger partial charge on any atom is -0.390 e. The Morgan fingerprint density at radius 2 is 1.73 bits per heavy atom. The Balaban J connectivity index is 0.934. The topological polar surface area (TPSA) is 102 Å². The molecule has 7 rings (SSSR count). The van der Waals surface area contributed by atoms with Crippen LogP contribution < -0.4 is 0 Å². The zero-order valence-electron chi connectivity index (χ0n) is 27.2. The molecular formula is C36H54O9. The summed E-state index contributed by atoms with van der Waals surface area (Å²) in [6.07, 6.45) is 8.17. The number of carbonyl (C=O) groups excluding carboxylic acids is 1. The Morgan fingerprint density at radius 3 is 2.53 bits per heavy atom. The Hall–Kier alpha value is -1.17. The minimum atomic E-state index is -0.899. The van der Waals surface area contributed by atoms with Crippen LogP contribution >= 0.6 is 0 Å². The number of aliphatic hydroxyl groups excluding tert-OH is 1. The number of hydrogen-bond acceptors (Lipinski definition) is 9. The number of Topliss-reactive ketones (excluding diaryl/α,β-unsaturated/α-hetero) is 1. The smallest absolute Gasteiger partial charge is 0.172 e. The van der Waals surface area contributed by atoms with Gasteiger partial charge >= 0.3 is 0 Å². The van der Waals surface area contributed by atoms with Gasteiger partial charge in [-0.05, 0) is 81.3 Å². The summed E-state index contributed by atoms with van der Waals surface area (Å²) in [4.78, 5) is 12.8. The molecule has 14 atom stereocenters. The molecule has 0 saturated carbocycles. The molecule has 4 bridgehead atoms. The monoisotopic (exact) mass is 630 g/mol. The fourth-order valence-corrected chi connectivity index (χ4v) is 9.12. The van der Waals surface area contributed by atoms with E-state index in [1.54, 1.807) is 0 Å². The van der Waals surface area contributed by atoms with Crippen molar-refractivity contribution < 1.29 is 43.1 Å². The van der Waals surface area contributed by atoms with Crippen LogP contribution in [0.25, 0.3) is 0 Å². The number of ketones is 1. The first-order valence-corrected chi connectivity index (χ1v) is 17.8. The second-order valence-electron chi connectivity index (χ2n) is 15.2. The van der Waals surface area contributed by atoms with Crippen molar-refractivity contribution in [1.82, 2.24) is 0 Å². The van der Waals surface area contributed by atoms with Gasteiger partial charge in [-0.15, -0.1) is 0 Å². The van der Waals surface area contributed by atoms with Gasteiger partial charge in [0.25, 0.3) is 0 Å². The predicted octanol–water partition coefficient (Wildman–Crippen LogP) is 4.97. The summed E-state index contributed by atoms with van der Waals surface area (Å²) < 4.78 is 44.7. The molecule has 7 fully saturated rings. The summed E-state index contributed by atoms with van der Waals surface area (Å²) >= 11 is 0. The Morgan fingerprint density at radius 1 is 0.867 bits per heavy atom. The van der Waals surface area contributed by atoms with Gasteiger partial charge in [0.2, 0.25) is 0 Å². The lowest BCUT2D eigenvalue weighted by molar-refractivity contribution is -0.277. The molecule has 1 N–H and O–H groups in total. The molecule has 0 radical (unpaired) electrons. The lowest BCUT2D eigenvalue weighted by Crippen LogP contribution is -2.58. The van der Waals surface area contributed by atoms with Gasteiger partial charge in [0.1, 0.15) is 18.0 Å². The van der Waals surface area contributed by atoms with Crippen molar-refractivity contribution >= 4 is 5.78 Å². The van der Waals surface area contributed by atoms with Crippen LogP contribution in [-0.2, 0) is 38.0 Å². The van der Waals surface area contributed by atoms with Crippen LogP contribution in [0.4, 0.5) is 0 Å². The Labute approximate surface area is 268 Å². The lowest BCUT2D eigenvalue weighted by Gasteiger charge is -2.47. The van der Waals surface area contributed by atoms with Gasteiger partial charge in [0.15, 0.2) is 5.79 Å². The molecular weight excluding hydrogens is 576 g/mol. The molecule has 7 aliphatic heterocycles. The Bertz CT molecular complexity index is 1090. The van der Waals surface area contributed by atoms with Crippen molar-refractivity contribution in [1.29, 1.82) is 0 Å². The largest absolute Gasteiger partial charge is 0.390 e. The van der Waals surface area contributed by atoms with E-state index in [4.69, 9.17) is 33.2 Å². The second kappa shape index (κ2) is 13.4. The SMILES string of the molecule is C=C1C[C@H](CCC23C[C@@H](O)[C@H](O2)[C@H]2C[C@@H](O3)[C@H]3O[C@@H](CC(=O)C[C@@H]4CCOC4)CCC3O2)O[C@H]1CC[C@H]1C[C@@H](C)C(=C)[C@@H](C)O1. The Kier molecular flexibility index (Phi) is 9.63. The molecule has 2 unspecified atom stereocenters. The van der Waals surface area contributed by atoms with Gasteiger partial charge in [-0.25, -0.2) is 0 Å². The maximum absolute atomic E-state index is 12.8. The van der Waals surface area contributed by atoms with Gasteiger partial charge < -0.3 is 38.3 Å². The molecule has 252 valence electrons. The molecule has 45 heavy (non-hydrogen) atoms. The molecule has 7 aliphatic rings. The number of aliphatic hydroxyl groups is 1. The molecule has 7 saturated heterocycles. The van der Waals surface area contributed by atoms with Crippen LogP contribution in [0, 0.1) is 11.8 Å². The van der Waals surface area contributed by atoms with E-state index in [-0.39, 0.29) is 60.7 Å². The number of ether oxygens (including phenoxy) is 7. The van der Waals surface area contributed by atoms with Crippen molar-refractivity contribution in [3.63, 3.8) is 0 Å². The third-order valence-electron chi connectivity index (χ3n) is 11.7. The molecule has 0 spiro atoms. The zero-order valence-corrected chi connectivity index (χ0v) is 27.2. The highest BCUT2D eigenvalue weighted by molar-refractivity contribution is 5.79. The van der Waals surface area contributed by atoms with E-state index in [1.165, 1.54) is 5.57 Å². The molecule has 0 aliphatic carbocycles. The van der Waals surface area contributed by atoms with Gasteiger partial charge in [-0.2, -0.15) is 0 Å². The third-order valence-corrected chi connectivity index (χ3v) is 11.7. The van der Waals surface area contributed by atoms with Crippen LogP contribution in [0.2, 0.25) is 0 Å². The first-order valence-electron chi connectivity index (χ1n) is 17.8. The van der Waals surface area contributed by atoms with Crippen LogP contribution in [0.5, 0.6) is 0 Å². The lowest BCUT2D eigenvalue weighted by atomic mass is 9.86. The van der Waals surface area contributed by atoms with Crippen molar-refractivity contribution in [3.8, 4) is 0 Å². The van der Waals surface area contributed by atoms with E-state index in [0.717, 1.165) is 63.5 Å². The van der Waals surface area contributed by atoms with E-state index >= 15 is 0 Å². The quantitative estimate of drug-likeness (QED) is 0.336. The predicted molar refractivity (Wildman–Crippen MR) is 166 cm³/mol. The molecule has 9 heteroatoms. The van der Waals surface area contributed by atoms with E-state index in [2.05, 4.69) is 27.0 Å². The third kappa shape index (κ3) is 7.02. The van der Waals surface area contributed by atoms with Gasteiger partial charge in [0, 0.05) is 45.3 Å². The van der Waals surface area contributed by atoms with E-state index < -0.39 is 18.0 Å². The maximum Gasteiger partial charge on any atom is 0.172 e. The molecule has 0 amide bonds. The van der Waals surface area contributed by atoms with Gasteiger partial charge in [-0.1, -0.05) is 20.1 Å². The highest BCUT2D eigenvalue weighted by Gasteiger charge is 2.59. The summed E-state index contributed by atoms with van der Waals surface area (Å²) in [7, 11) is 0. The summed E-state index contributed by atoms with van der Waals surface area (Å²) in [6, 6.07) is 0. The number of hydrogen-bond donors (Lipinski definition) is 1. The summed E-state index contributed by atoms with van der Waals surface area (Å²) in [6.45, 7) is 14.3. The molecule has 0 aromatic carbocycles. The summed E-state index contributed by atoms with van der Waals surface area (Å²) in [5, 5.41) is 11.1. The average molecular weight is 631 g/mol. The van der Waals surface area contributed by atoms with Crippen molar-refractivity contribution in [2.75, 3.05) is 13.2 Å². The highest BCUT2D eigenvalue weighted by atomic mass is 16.7. The normalized spacial score (nSPS) is 47.9. The zero-order chi connectivity index (χ0) is 31.3. The van der Waals surface area contributed by atoms with Crippen molar-refractivity contribution in [3.05, 3.63) is 24.3 Å². The highest BCUT2D eigenvalue weighted by Crippen LogP contribution is 2.48. The first kappa shape index (κ1) is 32.4. The minimum absolute atomic E-state index is 0.0366. The fraction of sp³-hybridized carbons (Fsp3) is 0.861. The van der Waals surface area contributed by atoms with Gasteiger partial charge in [-0.3, -0.25) is 4.79 Å². The van der Waals surface area contributed by atoms with Crippen molar-refractivity contribution in [2.45, 2.75) is 170 Å². The van der Waals surface area contributed by atoms with Crippen LogP contribution in [0.3, 0.4) is 0 Å². The fourth-order valence-electron chi connectivity index (χ4n) is 9.12. The molecule has 0 aromatic rings. The van der Waals surface area contributed by atoms with Crippen LogP contribution in [0.15, 0.2) is 24.3 Å². The van der Waals surface area contributed by atoms with E-state index in [9.17, 15) is 9.90 Å². The van der Waals surface area contributed by atoms with Crippen LogP contribution in [0.1, 0.15) is 97.3 Å². The molecule has 9 nitrogen and oxygen atoms in total. The summed E-state index contributed by atoms with van der Waals surface area (Å²) in [5.74, 6) is 0.176. The molecule has 0 aromatic heterocycles. The number of carbonyl (C=O) groups is 1. The standard InChI is InChI=1S/C36H54O9/c1-20-13-26(40-23(4)22(20)3)5-7-30-21(2)14-28(41-30)9-11-36-18-29(38)34(45-36)32-17-33(44-36)35-31(43-32)8-6-27(42-35)16-25(37)15-24-10-12-39-19-24/h20,23-24,26-35,38H,2-3,5-19H2,1,4H3/t20-,23-,24+,26+,27-,28+,29-,30+,31?,32-,33-,34+,35+,36?/m1/s1. The number of rotatable bonds is 10. The van der Waals surface area contributed by atoms with Crippen LogP contribution in [-0.4, -0.2) is 97.0 Å².